The van der Waals surface area contributed by atoms with Crippen LogP contribution in [0.3, 0.4) is 0 Å². The van der Waals surface area contributed by atoms with Crippen molar-refractivity contribution in [1.82, 2.24) is 15.2 Å². The van der Waals surface area contributed by atoms with Crippen molar-refractivity contribution in [2.45, 2.75) is 26.2 Å². The summed E-state index contributed by atoms with van der Waals surface area (Å²) >= 11 is 0. The lowest BCUT2D eigenvalue weighted by Crippen LogP contribution is -2.16. The number of amides is 1. The Morgan fingerprint density at radius 2 is 1.90 bits per heavy atom. The highest BCUT2D eigenvalue weighted by Crippen LogP contribution is 2.18. The zero-order valence-electron chi connectivity index (χ0n) is 12.0. The first-order valence-electron chi connectivity index (χ1n) is 6.28. The van der Waals surface area contributed by atoms with Crippen molar-refractivity contribution in [3.8, 4) is 5.75 Å². The molecule has 2 N–H and O–H groups in total. The second kappa shape index (κ2) is 5.32. The van der Waals surface area contributed by atoms with Gasteiger partial charge in [0.25, 0.3) is 5.91 Å². The van der Waals surface area contributed by atoms with Crippen LogP contribution in [0.25, 0.3) is 0 Å². The summed E-state index contributed by atoms with van der Waals surface area (Å²) in [6.07, 6.45) is 0. The molecule has 0 atom stereocenters. The maximum Gasteiger partial charge on any atom is 0.295 e. The summed E-state index contributed by atoms with van der Waals surface area (Å²) in [5.41, 5.74) is 0.490. The number of ether oxygens (including phenoxy) is 1. The highest BCUT2D eigenvalue weighted by molar-refractivity contribution is 6.01. The van der Waals surface area contributed by atoms with E-state index in [1.165, 1.54) is 0 Å². The molecule has 0 radical (unpaired) electrons. The van der Waals surface area contributed by atoms with Crippen LogP contribution in [0.1, 0.15) is 37.2 Å². The number of H-pyrrole nitrogens is 1. The molecule has 1 heterocycles. The van der Waals surface area contributed by atoms with Crippen LogP contribution >= 0.6 is 0 Å². The number of aromatic amines is 1. The molecular weight excluding hydrogens is 256 g/mol. The van der Waals surface area contributed by atoms with Gasteiger partial charge in [-0.25, -0.2) is 4.98 Å². The van der Waals surface area contributed by atoms with Crippen LogP contribution in [0.2, 0.25) is 0 Å². The van der Waals surface area contributed by atoms with Crippen LogP contribution in [0, 0.1) is 0 Å². The number of hydrogen-bond acceptors (Lipinski definition) is 4. The van der Waals surface area contributed by atoms with Crippen molar-refractivity contribution in [3.05, 3.63) is 35.9 Å². The molecule has 0 saturated carbocycles. The van der Waals surface area contributed by atoms with E-state index in [0.29, 0.717) is 11.5 Å². The predicted octanol–water partition coefficient (Wildman–Crippen LogP) is 2.36. The topological polar surface area (TPSA) is 79.9 Å². The molecule has 0 unspecified atom stereocenters. The number of anilines is 1. The summed E-state index contributed by atoms with van der Waals surface area (Å²) < 4.78 is 5.06. The number of hydrogen-bond donors (Lipinski definition) is 2. The fourth-order valence-electron chi connectivity index (χ4n) is 1.56. The predicted molar refractivity (Wildman–Crippen MR) is 76.0 cm³/mol. The normalized spacial score (nSPS) is 11.2. The van der Waals surface area contributed by atoms with Gasteiger partial charge in [0.15, 0.2) is 0 Å². The van der Waals surface area contributed by atoms with Gasteiger partial charge in [0.2, 0.25) is 5.82 Å². The van der Waals surface area contributed by atoms with Gasteiger partial charge >= 0.3 is 0 Å². The Morgan fingerprint density at radius 1 is 1.25 bits per heavy atom. The van der Waals surface area contributed by atoms with Gasteiger partial charge in [-0.3, -0.25) is 9.89 Å². The maximum atomic E-state index is 12.0. The van der Waals surface area contributed by atoms with Crippen LogP contribution in [0.15, 0.2) is 24.3 Å². The average molecular weight is 274 g/mol. The molecule has 0 aliphatic rings. The van der Waals surface area contributed by atoms with Crippen molar-refractivity contribution in [1.29, 1.82) is 0 Å². The fraction of sp³-hybridized carbons (Fsp3) is 0.357. The molecule has 2 aromatic rings. The van der Waals surface area contributed by atoms with Crippen LogP contribution in [0.4, 0.5) is 5.69 Å². The monoisotopic (exact) mass is 274 g/mol. The SMILES string of the molecule is COc1ccc(NC(=O)c2n[nH]c(C(C)(C)C)n2)cc1. The number of rotatable bonds is 3. The van der Waals surface area contributed by atoms with Gasteiger partial charge in [-0.05, 0) is 24.3 Å². The minimum absolute atomic E-state index is 0.130. The number of nitrogens with one attached hydrogen (secondary N) is 2. The molecule has 0 saturated heterocycles. The van der Waals surface area contributed by atoms with Crippen molar-refractivity contribution in [2.24, 2.45) is 0 Å². The van der Waals surface area contributed by atoms with Gasteiger partial charge in [-0.2, -0.15) is 0 Å². The van der Waals surface area contributed by atoms with E-state index in [1.807, 2.05) is 20.8 Å². The van der Waals surface area contributed by atoms with E-state index < -0.39 is 0 Å². The summed E-state index contributed by atoms with van der Waals surface area (Å²) in [5.74, 6) is 1.20. The Kier molecular flexibility index (Phi) is 3.74. The van der Waals surface area contributed by atoms with E-state index in [0.717, 1.165) is 5.75 Å². The summed E-state index contributed by atoms with van der Waals surface area (Å²) in [7, 11) is 1.59. The third kappa shape index (κ3) is 3.14. The molecule has 1 aromatic carbocycles. The van der Waals surface area contributed by atoms with E-state index in [-0.39, 0.29) is 17.1 Å². The third-order valence-corrected chi connectivity index (χ3v) is 2.75. The molecule has 2 rings (SSSR count). The molecule has 20 heavy (non-hydrogen) atoms. The Bertz CT molecular complexity index is 596. The molecule has 6 nitrogen and oxygen atoms in total. The summed E-state index contributed by atoms with van der Waals surface area (Å²) in [4.78, 5) is 16.2. The molecule has 0 aliphatic heterocycles. The fourth-order valence-corrected chi connectivity index (χ4v) is 1.56. The van der Waals surface area contributed by atoms with Crippen LogP contribution in [-0.4, -0.2) is 28.2 Å². The summed E-state index contributed by atoms with van der Waals surface area (Å²) in [6.45, 7) is 6.00. The quantitative estimate of drug-likeness (QED) is 0.900. The molecular formula is C14H18N4O2. The lowest BCUT2D eigenvalue weighted by Gasteiger charge is -2.12. The second-order valence-corrected chi connectivity index (χ2v) is 5.44. The Morgan fingerprint density at radius 3 is 2.40 bits per heavy atom. The molecule has 0 fully saturated rings. The molecule has 106 valence electrons. The van der Waals surface area contributed by atoms with Gasteiger partial charge in [0.1, 0.15) is 11.6 Å². The molecule has 6 heteroatoms. The number of carbonyl (C=O) groups is 1. The zero-order valence-corrected chi connectivity index (χ0v) is 12.0. The highest BCUT2D eigenvalue weighted by atomic mass is 16.5. The first-order valence-corrected chi connectivity index (χ1v) is 6.28. The number of carbonyl (C=O) groups excluding carboxylic acids is 1. The van der Waals surface area contributed by atoms with Gasteiger partial charge in [0.05, 0.1) is 7.11 Å². The van der Waals surface area contributed by atoms with Crippen molar-refractivity contribution in [2.75, 3.05) is 12.4 Å². The molecule has 1 aromatic heterocycles. The molecule has 0 spiro atoms. The third-order valence-electron chi connectivity index (χ3n) is 2.75. The van der Waals surface area contributed by atoms with Crippen molar-refractivity contribution >= 4 is 11.6 Å². The van der Waals surface area contributed by atoms with Crippen LogP contribution < -0.4 is 10.1 Å². The second-order valence-electron chi connectivity index (χ2n) is 5.44. The van der Waals surface area contributed by atoms with E-state index in [2.05, 4.69) is 20.5 Å². The largest absolute Gasteiger partial charge is 0.497 e. The molecule has 0 bridgehead atoms. The minimum Gasteiger partial charge on any atom is -0.497 e. The Labute approximate surface area is 117 Å². The van der Waals surface area contributed by atoms with E-state index in [4.69, 9.17) is 4.74 Å². The smallest absolute Gasteiger partial charge is 0.295 e. The first kappa shape index (κ1) is 14.0. The standard InChI is InChI=1S/C14H18N4O2/c1-14(2,3)13-16-11(17-18-13)12(19)15-9-5-7-10(20-4)8-6-9/h5-8H,1-4H3,(H,15,19)(H,16,17,18). The van der Waals surface area contributed by atoms with Crippen molar-refractivity contribution in [3.63, 3.8) is 0 Å². The van der Waals surface area contributed by atoms with E-state index >= 15 is 0 Å². The Balaban J connectivity index is 2.09. The Hall–Kier alpha value is -2.37. The number of nitrogens with zero attached hydrogens (tertiary/aromatic N) is 2. The van der Waals surface area contributed by atoms with E-state index in [1.54, 1.807) is 31.4 Å². The first-order chi connectivity index (χ1) is 9.40. The van der Waals surface area contributed by atoms with Gasteiger partial charge in [-0.1, -0.05) is 20.8 Å². The van der Waals surface area contributed by atoms with Crippen LogP contribution in [0.5, 0.6) is 5.75 Å². The number of benzene rings is 1. The van der Waals surface area contributed by atoms with Gasteiger partial charge < -0.3 is 10.1 Å². The van der Waals surface area contributed by atoms with Crippen molar-refractivity contribution < 1.29 is 9.53 Å². The lowest BCUT2D eigenvalue weighted by atomic mass is 9.96. The van der Waals surface area contributed by atoms with Gasteiger partial charge in [0, 0.05) is 11.1 Å². The summed E-state index contributed by atoms with van der Waals surface area (Å²) in [5, 5.41) is 9.46. The number of methoxy groups -OCH3 is 1. The van der Waals surface area contributed by atoms with Gasteiger partial charge in [-0.15, -0.1) is 5.10 Å². The average Bonchev–Trinajstić information content (AvgIpc) is 2.89. The highest BCUT2D eigenvalue weighted by Gasteiger charge is 2.21. The molecule has 1 amide bonds. The zero-order chi connectivity index (χ0) is 14.8. The molecule has 0 aliphatic carbocycles. The summed E-state index contributed by atoms with van der Waals surface area (Å²) in [6, 6.07) is 7.06. The lowest BCUT2D eigenvalue weighted by molar-refractivity contribution is 0.101. The number of aromatic nitrogens is 3. The maximum absolute atomic E-state index is 12.0. The minimum atomic E-state index is -0.345. The van der Waals surface area contributed by atoms with E-state index in [9.17, 15) is 4.79 Å². The van der Waals surface area contributed by atoms with Crippen LogP contribution in [-0.2, 0) is 5.41 Å².